The molecular formula is C12H13BrF2N2O3. The van der Waals surface area contributed by atoms with Gasteiger partial charge in [0.15, 0.2) is 0 Å². The van der Waals surface area contributed by atoms with Gasteiger partial charge in [-0.05, 0) is 35.8 Å². The van der Waals surface area contributed by atoms with Crippen molar-refractivity contribution in [3.8, 4) is 0 Å². The van der Waals surface area contributed by atoms with E-state index >= 15 is 0 Å². The van der Waals surface area contributed by atoms with Crippen LogP contribution in [0.5, 0.6) is 0 Å². The third kappa shape index (κ3) is 4.16. The number of aliphatic carboxylic acids is 1. The van der Waals surface area contributed by atoms with E-state index in [-0.39, 0.29) is 16.7 Å². The SMILES string of the molecule is CC(C)(CNC(=O)Nc1cc(F)c(Br)cc1F)C(=O)O. The van der Waals surface area contributed by atoms with Gasteiger partial charge in [-0.1, -0.05) is 0 Å². The summed E-state index contributed by atoms with van der Waals surface area (Å²) in [4.78, 5) is 22.4. The third-order valence-electron chi connectivity index (χ3n) is 2.53. The summed E-state index contributed by atoms with van der Waals surface area (Å²) in [6.07, 6.45) is 0. The summed E-state index contributed by atoms with van der Waals surface area (Å²) >= 11 is 2.81. The molecule has 0 aliphatic carbocycles. The Balaban J connectivity index is 2.68. The van der Waals surface area contributed by atoms with Crippen LogP contribution in [0.1, 0.15) is 13.8 Å². The Morgan fingerprint density at radius 3 is 2.45 bits per heavy atom. The van der Waals surface area contributed by atoms with Gasteiger partial charge in [0.25, 0.3) is 0 Å². The van der Waals surface area contributed by atoms with Gasteiger partial charge in [-0.25, -0.2) is 13.6 Å². The molecule has 8 heteroatoms. The second kappa shape index (κ2) is 6.17. The maximum absolute atomic E-state index is 13.5. The summed E-state index contributed by atoms with van der Waals surface area (Å²) in [5, 5.41) is 13.3. The second-order valence-electron chi connectivity index (χ2n) is 4.74. The van der Waals surface area contributed by atoms with Crippen molar-refractivity contribution in [2.45, 2.75) is 13.8 Å². The summed E-state index contributed by atoms with van der Waals surface area (Å²) in [5.74, 6) is -2.63. The number of rotatable bonds is 4. The Bertz CT molecular complexity index is 550. The number of carbonyl (C=O) groups excluding carboxylic acids is 1. The fourth-order valence-corrected chi connectivity index (χ4v) is 1.48. The molecule has 0 bridgehead atoms. The molecule has 0 saturated heterocycles. The van der Waals surface area contributed by atoms with Gasteiger partial charge in [0.1, 0.15) is 11.6 Å². The number of halogens is 3. The van der Waals surface area contributed by atoms with Gasteiger partial charge in [-0.3, -0.25) is 4.79 Å². The van der Waals surface area contributed by atoms with Gasteiger partial charge < -0.3 is 15.7 Å². The van der Waals surface area contributed by atoms with Gasteiger partial charge in [0.05, 0.1) is 15.6 Å². The maximum Gasteiger partial charge on any atom is 0.319 e. The highest BCUT2D eigenvalue weighted by Gasteiger charge is 2.27. The van der Waals surface area contributed by atoms with Crippen molar-refractivity contribution in [3.05, 3.63) is 28.2 Å². The van der Waals surface area contributed by atoms with Crippen molar-refractivity contribution in [1.82, 2.24) is 5.32 Å². The Kier molecular flexibility index (Phi) is 5.04. The Hall–Kier alpha value is -1.70. The minimum atomic E-state index is -1.17. The normalized spacial score (nSPS) is 11.1. The quantitative estimate of drug-likeness (QED) is 0.730. The molecular weight excluding hydrogens is 338 g/mol. The minimum absolute atomic E-state index is 0.0621. The van der Waals surface area contributed by atoms with Crippen LogP contribution in [0.25, 0.3) is 0 Å². The molecule has 20 heavy (non-hydrogen) atoms. The Labute approximate surface area is 122 Å². The largest absolute Gasteiger partial charge is 0.481 e. The molecule has 1 aromatic rings. The van der Waals surface area contributed by atoms with Crippen LogP contribution >= 0.6 is 15.9 Å². The molecule has 0 aromatic heterocycles. The van der Waals surface area contributed by atoms with Crippen LogP contribution in [0.2, 0.25) is 0 Å². The molecule has 0 heterocycles. The van der Waals surface area contributed by atoms with Crippen LogP contribution in [-0.4, -0.2) is 23.7 Å². The molecule has 0 aliphatic rings. The van der Waals surface area contributed by atoms with Gasteiger partial charge in [-0.2, -0.15) is 0 Å². The van der Waals surface area contributed by atoms with E-state index in [0.29, 0.717) is 0 Å². The van der Waals surface area contributed by atoms with Gasteiger partial charge in [0, 0.05) is 12.6 Å². The molecule has 5 nitrogen and oxygen atoms in total. The summed E-state index contributed by atoms with van der Waals surface area (Å²) in [5.41, 5.74) is -1.50. The second-order valence-corrected chi connectivity index (χ2v) is 5.60. The Morgan fingerprint density at radius 1 is 1.30 bits per heavy atom. The number of hydrogen-bond donors (Lipinski definition) is 3. The first-order valence-corrected chi connectivity index (χ1v) is 6.35. The van der Waals surface area contributed by atoms with E-state index in [1.54, 1.807) is 0 Å². The topological polar surface area (TPSA) is 78.4 Å². The molecule has 110 valence electrons. The monoisotopic (exact) mass is 350 g/mol. The number of carbonyl (C=O) groups is 2. The predicted molar refractivity (Wildman–Crippen MR) is 72.5 cm³/mol. The smallest absolute Gasteiger partial charge is 0.319 e. The minimum Gasteiger partial charge on any atom is -0.481 e. The first-order valence-electron chi connectivity index (χ1n) is 5.56. The zero-order valence-electron chi connectivity index (χ0n) is 10.8. The highest BCUT2D eigenvalue weighted by molar-refractivity contribution is 9.10. The van der Waals surface area contributed by atoms with Crippen molar-refractivity contribution < 1.29 is 23.5 Å². The number of carboxylic acid groups (broad SMARTS) is 1. The molecule has 0 atom stereocenters. The van der Waals surface area contributed by atoms with Crippen LogP contribution in [0.15, 0.2) is 16.6 Å². The average Bonchev–Trinajstić information content (AvgIpc) is 2.33. The molecule has 0 radical (unpaired) electrons. The van der Waals surface area contributed by atoms with Crippen molar-refractivity contribution in [1.29, 1.82) is 0 Å². The van der Waals surface area contributed by atoms with E-state index in [0.717, 1.165) is 12.1 Å². The zero-order valence-corrected chi connectivity index (χ0v) is 12.3. The van der Waals surface area contributed by atoms with E-state index < -0.39 is 29.0 Å². The lowest BCUT2D eigenvalue weighted by Gasteiger charge is -2.19. The van der Waals surface area contributed by atoms with Crippen LogP contribution in [0.3, 0.4) is 0 Å². The fourth-order valence-electron chi connectivity index (χ4n) is 1.16. The molecule has 0 aliphatic heterocycles. The Morgan fingerprint density at radius 2 is 1.90 bits per heavy atom. The number of nitrogens with one attached hydrogen (secondary N) is 2. The lowest BCUT2D eigenvalue weighted by molar-refractivity contribution is -0.146. The summed E-state index contributed by atoms with van der Waals surface area (Å²) in [7, 11) is 0. The predicted octanol–water partition coefficient (Wildman–Crippen LogP) is 2.96. The molecule has 0 saturated carbocycles. The number of urea groups is 1. The number of hydrogen-bond acceptors (Lipinski definition) is 2. The standard InChI is InChI=1S/C12H13BrF2N2O3/c1-12(2,10(18)19)5-16-11(20)17-9-4-7(14)6(13)3-8(9)15/h3-4H,5H2,1-2H3,(H,18,19)(H2,16,17,20). The molecule has 3 N–H and O–H groups in total. The van der Waals surface area contributed by atoms with E-state index in [9.17, 15) is 18.4 Å². The van der Waals surface area contributed by atoms with E-state index in [1.165, 1.54) is 13.8 Å². The molecule has 2 amide bonds. The molecule has 0 fully saturated rings. The van der Waals surface area contributed by atoms with E-state index in [1.807, 2.05) is 0 Å². The molecule has 1 aromatic carbocycles. The van der Waals surface area contributed by atoms with Gasteiger partial charge >= 0.3 is 12.0 Å². The van der Waals surface area contributed by atoms with Crippen molar-refractivity contribution in [2.75, 3.05) is 11.9 Å². The van der Waals surface area contributed by atoms with Crippen molar-refractivity contribution >= 4 is 33.6 Å². The maximum atomic E-state index is 13.5. The van der Waals surface area contributed by atoms with Crippen LogP contribution in [-0.2, 0) is 4.79 Å². The first-order chi connectivity index (χ1) is 9.13. The van der Waals surface area contributed by atoms with Crippen LogP contribution < -0.4 is 10.6 Å². The fraction of sp³-hybridized carbons (Fsp3) is 0.333. The molecule has 0 unspecified atom stereocenters. The highest BCUT2D eigenvalue weighted by atomic mass is 79.9. The number of benzene rings is 1. The lowest BCUT2D eigenvalue weighted by Crippen LogP contribution is -2.40. The third-order valence-corrected chi connectivity index (χ3v) is 3.14. The van der Waals surface area contributed by atoms with Crippen LogP contribution in [0, 0.1) is 17.0 Å². The zero-order chi connectivity index (χ0) is 15.5. The van der Waals surface area contributed by atoms with Gasteiger partial charge in [-0.15, -0.1) is 0 Å². The average molecular weight is 351 g/mol. The summed E-state index contributed by atoms with van der Waals surface area (Å²) < 4.78 is 26.6. The highest BCUT2D eigenvalue weighted by Crippen LogP contribution is 2.23. The van der Waals surface area contributed by atoms with Crippen LogP contribution in [0.4, 0.5) is 19.3 Å². The number of amides is 2. The first kappa shape index (κ1) is 16.4. The van der Waals surface area contributed by atoms with E-state index in [2.05, 4.69) is 26.6 Å². The van der Waals surface area contributed by atoms with Crippen molar-refractivity contribution in [3.63, 3.8) is 0 Å². The molecule has 0 spiro atoms. The number of carboxylic acids is 1. The summed E-state index contributed by atoms with van der Waals surface area (Å²) in [6.45, 7) is 2.69. The van der Waals surface area contributed by atoms with Gasteiger partial charge in [0.2, 0.25) is 0 Å². The van der Waals surface area contributed by atoms with Crippen molar-refractivity contribution in [2.24, 2.45) is 5.41 Å². The summed E-state index contributed by atoms with van der Waals surface area (Å²) in [6, 6.07) is 0.882. The lowest BCUT2D eigenvalue weighted by atomic mass is 9.94. The number of anilines is 1. The van der Waals surface area contributed by atoms with E-state index in [4.69, 9.17) is 5.11 Å². The molecule has 1 rings (SSSR count).